The molecule has 0 unspecified atom stereocenters. The number of hydrogen-bond acceptors (Lipinski definition) is 4. The minimum atomic E-state index is -0.892. The van der Waals surface area contributed by atoms with Crippen molar-refractivity contribution in [3.8, 4) is 0 Å². The fourth-order valence-corrected chi connectivity index (χ4v) is 2.48. The summed E-state index contributed by atoms with van der Waals surface area (Å²) in [7, 11) is 0. The van der Waals surface area contributed by atoms with Crippen LogP contribution in [0.1, 0.15) is 11.1 Å². The van der Waals surface area contributed by atoms with Crippen LogP contribution in [0, 0.1) is 5.82 Å². The molecular formula is C20H13FO4. The van der Waals surface area contributed by atoms with Crippen LogP contribution >= 0.6 is 0 Å². The second kappa shape index (κ2) is 6.57. The van der Waals surface area contributed by atoms with Crippen LogP contribution in [0.15, 0.2) is 77.8 Å². The second-order valence-corrected chi connectivity index (χ2v) is 5.40. The van der Waals surface area contributed by atoms with E-state index < -0.39 is 28.9 Å². The van der Waals surface area contributed by atoms with Crippen LogP contribution in [-0.2, 0) is 9.59 Å². The minimum absolute atomic E-state index is 0.148. The highest BCUT2D eigenvalue weighted by Gasteiger charge is 2.34. The molecule has 0 aromatic heterocycles. The highest BCUT2D eigenvalue weighted by atomic mass is 19.1. The zero-order chi connectivity index (χ0) is 18.0. The molecular weight excluding hydrogens is 323 g/mol. The molecule has 1 aliphatic carbocycles. The quantitative estimate of drug-likeness (QED) is 0.837. The number of Topliss-reactive ketones (excluding diaryl/α,β-unsaturated/α-hetero) is 2. The van der Waals surface area contributed by atoms with Crippen LogP contribution in [0.25, 0.3) is 11.6 Å². The molecule has 0 fully saturated rings. The zero-order valence-corrected chi connectivity index (χ0v) is 12.9. The molecule has 1 aliphatic rings. The molecule has 0 saturated heterocycles. The SMILES string of the molecule is O=C1C(O)=C(c2ccc(F)cc2)C(=O)C(O)=C1/C=C/c1ccccc1. The third-order valence-electron chi connectivity index (χ3n) is 3.77. The second-order valence-electron chi connectivity index (χ2n) is 5.40. The largest absolute Gasteiger partial charge is 0.504 e. The van der Waals surface area contributed by atoms with Crippen molar-refractivity contribution in [2.45, 2.75) is 0 Å². The van der Waals surface area contributed by atoms with Crippen LogP contribution < -0.4 is 0 Å². The lowest BCUT2D eigenvalue weighted by molar-refractivity contribution is -0.118. The minimum Gasteiger partial charge on any atom is -0.504 e. The number of hydrogen-bond donors (Lipinski definition) is 2. The Bertz CT molecular complexity index is 935. The number of carbonyl (C=O) groups excluding carboxylic acids is 2. The van der Waals surface area contributed by atoms with Crippen LogP contribution in [-0.4, -0.2) is 21.8 Å². The summed E-state index contributed by atoms with van der Waals surface area (Å²) in [5.74, 6) is -3.82. The van der Waals surface area contributed by atoms with Gasteiger partial charge in [-0.05, 0) is 29.3 Å². The maximum atomic E-state index is 13.0. The van der Waals surface area contributed by atoms with E-state index in [9.17, 15) is 24.2 Å². The van der Waals surface area contributed by atoms with Gasteiger partial charge in [-0.25, -0.2) is 4.39 Å². The summed E-state index contributed by atoms with van der Waals surface area (Å²) in [6.07, 6.45) is 2.83. The van der Waals surface area contributed by atoms with Gasteiger partial charge in [-0.1, -0.05) is 48.5 Å². The van der Waals surface area contributed by atoms with E-state index >= 15 is 0 Å². The van der Waals surface area contributed by atoms with E-state index in [1.54, 1.807) is 30.3 Å². The molecule has 2 aromatic rings. The van der Waals surface area contributed by atoms with Gasteiger partial charge in [0, 0.05) is 0 Å². The fraction of sp³-hybridized carbons (Fsp3) is 0. The Morgan fingerprint density at radius 3 is 2.04 bits per heavy atom. The van der Waals surface area contributed by atoms with E-state index in [1.807, 2.05) is 6.07 Å². The number of ketones is 2. The van der Waals surface area contributed by atoms with Crippen molar-refractivity contribution < 1.29 is 24.2 Å². The molecule has 0 radical (unpaired) electrons. The summed E-state index contributed by atoms with van der Waals surface area (Å²) in [4.78, 5) is 24.7. The average Bonchev–Trinajstić information content (AvgIpc) is 2.63. The van der Waals surface area contributed by atoms with Gasteiger partial charge in [0.1, 0.15) is 5.82 Å². The summed E-state index contributed by atoms with van der Waals surface area (Å²) < 4.78 is 13.0. The third kappa shape index (κ3) is 3.12. The van der Waals surface area contributed by atoms with E-state index in [-0.39, 0.29) is 16.7 Å². The van der Waals surface area contributed by atoms with E-state index in [0.29, 0.717) is 0 Å². The van der Waals surface area contributed by atoms with Crippen LogP contribution in [0.3, 0.4) is 0 Å². The monoisotopic (exact) mass is 336 g/mol. The van der Waals surface area contributed by atoms with E-state index in [4.69, 9.17) is 0 Å². The molecule has 0 aliphatic heterocycles. The van der Waals surface area contributed by atoms with Gasteiger partial charge in [-0.15, -0.1) is 0 Å². The first-order valence-corrected chi connectivity index (χ1v) is 7.44. The van der Waals surface area contributed by atoms with Gasteiger partial charge in [0.15, 0.2) is 11.5 Å². The summed E-state index contributed by atoms with van der Waals surface area (Å²) in [5, 5.41) is 20.3. The van der Waals surface area contributed by atoms with Gasteiger partial charge < -0.3 is 10.2 Å². The maximum absolute atomic E-state index is 13.0. The maximum Gasteiger partial charge on any atom is 0.232 e. The topological polar surface area (TPSA) is 74.6 Å². The molecule has 0 atom stereocenters. The number of allylic oxidation sites excluding steroid dienone is 3. The van der Waals surface area contributed by atoms with Crippen molar-refractivity contribution in [2.75, 3.05) is 0 Å². The molecule has 0 saturated carbocycles. The molecule has 124 valence electrons. The lowest BCUT2D eigenvalue weighted by Gasteiger charge is -2.16. The lowest BCUT2D eigenvalue weighted by Crippen LogP contribution is -2.22. The van der Waals surface area contributed by atoms with Crippen molar-refractivity contribution in [3.63, 3.8) is 0 Å². The number of aliphatic hydroxyl groups is 2. The van der Waals surface area contributed by atoms with Crippen molar-refractivity contribution >= 4 is 23.2 Å². The normalized spacial score (nSPS) is 15.4. The van der Waals surface area contributed by atoms with Crippen LogP contribution in [0.4, 0.5) is 4.39 Å². The predicted octanol–water partition coefficient (Wildman–Crippen LogP) is 3.77. The van der Waals surface area contributed by atoms with Gasteiger partial charge in [0.2, 0.25) is 11.6 Å². The Morgan fingerprint density at radius 2 is 1.40 bits per heavy atom. The predicted molar refractivity (Wildman–Crippen MR) is 91.1 cm³/mol. The molecule has 0 amide bonds. The molecule has 0 spiro atoms. The number of benzene rings is 2. The first-order chi connectivity index (χ1) is 12.0. The Balaban J connectivity index is 2.00. The van der Waals surface area contributed by atoms with E-state index in [1.165, 1.54) is 18.2 Å². The molecule has 2 aromatic carbocycles. The third-order valence-corrected chi connectivity index (χ3v) is 3.77. The smallest absolute Gasteiger partial charge is 0.232 e. The standard InChI is InChI=1S/C20H13FO4/c21-14-9-7-13(8-10-14)16-19(24)17(22)15(18(23)20(16)25)11-6-12-4-2-1-3-5-12/h1-11,22,25H/b11-6+. The molecule has 2 N–H and O–H groups in total. The number of carbonyl (C=O) groups is 2. The Morgan fingerprint density at radius 1 is 0.760 bits per heavy atom. The Hall–Kier alpha value is -3.47. The number of rotatable bonds is 3. The van der Waals surface area contributed by atoms with Crippen molar-refractivity contribution in [1.82, 2.24) is 0 Å². The van der Waals surface area contributed by atoms with Gasteiger partial charge in [-0.2, -0.15) is 0 Å². The molecule has 4 nitrogen and oxygen atoms in total. The highest BCUT2D eigenvalue weighted by molar-refractivity contribution is 6.38. The number of aliphatic hydroxyl groups excluding tert-OH is 2. The molecule has 0 heterocycles. The molecule has 3 rings (SSSR count). The van der Waals surface area contributed by atoms with Crippen LogP contribution in [0.2, 0.25) is 0 Å². The summed E-state index contributed by atoms with van der Waals surface area (Å²) in [6, 6.07) is 13.7. The molecule has 5 heteroatoms. The molecule has 0 bridgehead atoms. The van der Waals surface area contributed by atoms with Crippen molar-refractivity contribution in [3.05, 3.63) is 94.7 Å². The first-order valence-electron chi connectivity index (χ1n) is 7.44. The number of halogens is 1. The highest BCUT2D eigenvalue weighted by Crippen LogP contribution is 2.30. The Kier molecular flexibility index (Phi) is 4.31. The zero-order valence-electron chi connectivity index (χ0n) is 12.9. The average molecular weight is 336 g/mol. The first kappa shape index (κ1) is 16.4. The van der Waals surface area contributed by atoms with Crippen molar-refractivity contribution in [1.29, 1.82) is 0 Å². The van der Waals surface area contributed by atoms with Gasteiger partial charge >= 0.3 is 0 Å². The molecule has 25 heavy (non-hydrogen) atoms. The Labute approximate surface area is 142 Å². The van der Waals surface area contributed by atoms with E-state index in [2.05, 4.69) is 0 Å². The van der Waals surface area contributed by atoms with Gasteiger partial charge in [0.05, 0.1) is 11.1 Å². The van der Waals surface area contributed by atoms with Gasteiger partial charge in [0.25, 0.3) is 0 Å². The van der Waals surface area contributed by atoms with Crippen molar-refractivity contribution in [2.24, 2.45) is 0 Å². The summed E-state index contributed by atoms with van der Waals surface area (Å²) >= 11 is 0. The van der Waals surface area contributed by atoms with E-state index in [0.717, 1.165) is 17.7 Å². The van der Waals surface area contributed by atoms with Crippen LogP contribution in [0.5, 0.6) is 0 Å². The summed E-state index contributed by atoms with van der Waals surface area (Å²) in [6.45, 7) is 0. The fourth-order valence-electron chi connectivity index (χ4n) is 2.48. The summed E-state index contributed by atoms with van der Waals surface area (Å²) in [5.41, 5.74) is 0.266. The van der Waals surface area contributed by atoms with Gasteiger partial charge in [-0.3, -0.25) is 9.59 Å². The lowest BCUT2D eigenvalue weighted by atomic mass is 9.89.